The SMILES string of the molecule is CC(=O)N1CCC(C#Cc2ccc(-c3nc4nc(OC5COC6C(O)COC56)[nH]c4cc3Cl)cc2)CC1. The number of hydrogen-bond acceptors (Lipinski definition) is 7. The number of carbonyl (C=O) groups excluding carboxylic acids is 1. The smallest absolute Gasteiger partial charge is 0.296 e. The Hall–Kier alpha value is -3.16. The minimum Gasteiger partial charge on any atom is -0.456 e. The Kier molecular flexibility index (Phi) is 6.51. The van der Waals surface area contributed by atoms with Crippen molar-refractivity contribution in [2.45, 2.75) is 44.2 Å². The number of imidazole rings is 1. The van der Waals surface area contributed by atoms with E-state index in [0.717, 1.165) is 37.1 Å². The van der Waals surface area contributed by atoms with Gasteiger partial charge in [0, 0.05) is 37.1 Å². The molecule has 1 aromatic carbocycles. The van der Waals surface area contributed by atoms with Crippen LogP contribution in [0.4, 0.5) is 0 Å². The largest absolute Gasteiger partial charge is 0.456 e. The van der Waals surface area contributed by atoms with Crippen molar-refractivity contribution in [1.82, 2.24) is 19.9 Å². The zero-order chi connectivity index (χ0) is 25.5. The van der Waals surface area contributed by atoms with E-state index in [-0.39, 0.29) is 30.8 Å². The average molecular weight is 523 g/mol. The Balaban J connectivity index is 1.15. The number of H-pyrrole nitrogens is 1. The predicted molar refractivity (Wildman–Crippen MR) is 136 cm³/mol. The number of piperidine rings is 1. The molecule has 3 fully saturated rings. The summed E-state index contributed by atoms with van der Waals surface area (Å²) in [6, 6.07) is 9.90. The van der Waals surface area contributed by atoms with Crippen molar-refractivity contribution in [3.8, 4) is 29.1 Å². The van der Waals surface area contributed by atoms with Gasteiger partial charge in [0.05, 0.1) is 29.4 Å². The number of ether oxygens (including phenoxy) is 3. The number of amides is 1. The van der Waals surface area contributed by atoms with E-state index < -0.39 is 6.10 Å². The topological polar surface area (TPSA) is 110 Å². The Bertz CT molecular complexity index is 1370. The minimum atomic E-state index is -0.638. The van der Waals surface area contributed by atoms with Gasteiger partial charge in [-0.1, -0.05) is 35.6 Å². The molecule has 4 atom stereocenters. The van der Waals surface area contributed by atoms with Crippen molar-refractivity contribution in [2.75, 3.05) is 26.3 Å². The van der Waals surface area contributed by atoms with Gasteiger partial charge in [-0.15, -0.1) is 0 Å². The van der Waals surface area contributed by atoms with Gasteiger partial charge in [0.2, 0.25) is 5.91 Å². The number of aromatic amines is 1. The molecule has 2 N–H and O–H groups in total. The number of benzene rings is 1. The van der Waals surface area contributed by atoms with Gasteiger partial charge in [-0.05, 0) is 31.0 Å². The Morgan fingerprint density at radius 3 is 2.68 bits per heavy atom. The molecule has 4 unspecified atom stereocenters. The highest BCUT2D eigenvalue weighted by molar-refractivity contribution is 6.33. The van der Waals surface area contributed by atoms with Gasteiger partial charge in [-0.25, -0.2) is 4.98 Å². The van der Waals surface area contributed by atoms with Crippen molar-refractivity contribution < 1.29 is 24.1 Å². The van der Waals surface area contributed by atoms with E-state index >= 15 is 0 Å². The van der Waals surface area contributed by atoms with E-state index in [1.165, 1.54) is 0 Å². The molecule has 0 saturated carbocycles. The number of pyridine rings is 1. The number of aliphatic hydroxyl groups is 1. The maximum Gasteiger partial charge on any atom is 0.296 e. The van der Waals surface area contributed by atoms with Crippen LogP contribution in [0.25, 0.3) is 22.4 Å². The number of nitrogens with zero attached hydrogens (tertiary/aromatic N) is 3. The molecule has 2 aromatic heterocycles. The number of aromatic nitrogens is 3. The fourth-order valence-electron chi connectivity index (χ4n) is 5.08. The first-order valence-corrected chi connectivity index (χ1v) is 12.8. The number of rotatable bonds is 3. The molecule has 3 aliphatic rings. The molecule has 3 saturated heterocycles. The normalized spacial score (nSPS) is 25.6. The number of likely N-dealkylation sites (tertiary alicyclic amines) is 1. The van der Waals surface area contributed by atoms with Crippen LogP contribution < -0.4 is 4.74 Å². The molecule has 5 heterocycles. The van der Waals surface area contributed by atoms with Gasteiger partial charge in [0.1, 0.15) is 18.3 Å². The minimum absolute atomic E-state index is 0.131. The van der Waals surface area contributed by atoms with Crippen molar-refractivity contribution in [2.24, 2.45) is 5.92 Å². The van der Waals surface area contributed by atoms with Gasteiger partial charge in [-0.2, -0.15) is 4.98 Å². The van der Waals surface area contributed by atoms with Crippen LogP contribution in [0.5, 0.6) is 6.01 Å². The van der Waals surface area contributed by atoms with E-state index in [4.69, 9.17) is 25.8 Å². The second-order valence-corrected chi connectivity index (χ2v) is 10.1. The van der Waals surface area contributed by atoms with Crippen molar-refractivity contribution in [1.29, 1.82) is 0 Å². The third kappa shape index (κ3) is 4.90. The third-order valence-electron chi connectivity index (χ3n) is 7.17. The summed E-state index contributed by atoms with van der Waals surface area (Å²) in [7, 11) is 0. The van der Waals surface area contributed by atoms with Crippen LogP contribution in [-0.4, -0.2) is 81.6 Å². The van der Waals surface area contributed by atoms with Gasteiger partial charge in [-0.3, -0.25) is 4.79 Å². The molecule has 3 aliphatic heterocycles. The van der Waals surface area contributed by atoms with Crippen LogP contribution in [-0.2, 0) is 14.3 Å². The fourth-order valence-corrected chi connectivity index (χ4v) is 5.34. The lowest BCUT2D eigenvalue weighted by atomic mass is 9.97. The van der Waals surface area contributed by atoms with Crippen LogP contribution in [0, 0.1) is 17.8 Å². The number of fused-ring (bicyclic) bond motifs is 2. The molecular formula is C27H27ClN4O5. The maximum absolute atomic E-state index is 11.5. The monoisotopic (exact) mass is 522 g/mol. The zero-order valence-electron chi connectivity index (χ0n) is 20.3. The van der Waals surface area contributed by atoms with E-state index in [9.17, 15) is 9.90 Å². The fraction of sp³-hybridized carbons (Fsp3) is 0.444. The summed E-state index contributed by atoms with van der Waals surface area (Å²) in [5.74, 6) is 7.05. The molecular weight excluding hydrogens is 496 g/mol. The highest BCUT2D eigenvalue weighted by atomic mass is 35.5. The average Bonchev–Trinajstić information content (AvgIpc) is 3.59. The van der Waals surface area contributed by atoms with Crippen LogP contribution in [0.15, 0.2) is 30.3 Å². The van der Waals surface area contributed by atoms with Crippen LogP contribution in [0.1, 0.15) is 25.3 Å². The summed E-state index contributed by atoms with van der Waals surface area (Å²) in [5.41, 5.74) is 3.54. The summed E-state index contributed by atoms with van der Waals surface area (Å²) < 4.78 is 17.2. The molecule has 10 heteroatoms. The zero-order valence-corrected chi connectivity index (χ0v) is 21.1. The molecule has 0 bridgehead atoms. The summed E-state index contributed by atoms with van der Waals surface area (Å²) in [6.45, 7) is 3.71. The molecule has 3 aromatic rings. The molecule has 0 spiro atoms. The lowest BCUT2D eigenvalue weighted by Crippen LogP contribution is -2.36. The number of hydrogen-bond donors (Lipinski definition) is 2. The van der Waals surface area contributed by atoms with Crippen molar-refractivity contribution in [3.63, 3.8) is 0 Å². The highest BCUT2D eigenvalue weighted by Gasteiger charge is 2.48. The quantitative estimate of drug-likeness (QED) is 0.509. The van der Waals surface area contributed by atoms with Gasteiger partial charge < -0.3 is 29.2 Å². The molecule has 192 valence electrons. The molecule has 0 aliphatic carbocycles. The summed E-state index contributed by atoms with van der Waals surface area (Å²) in [4.78, 5) is 25.6. The van der Waals surface area contributed by atoms with E-state index in [2.05, 4.69) is 26.8 Å². The lowest BCUT2D eigenvalue weighted by Gasteiger charge is -2.28. The second kappa shape index (κ2) is 9.95. The summed E-state index contributed by atoms with van der Waals surface area (Å²) >= 11 is 6.57. The first kappa shape index (κ1) is 24.2. The molecule has 37 heavy (non-hydrogen) atoms. The molecule has 0 radical (unpaired) electrons. The van der Waals surface area contributed by atoms with Gasteiger partial charge in [0.25, 0.3) is 6.01 Å². The van der Waals surface area contributed by atoms with Gasteiger partial charge in [0.15, 0.2) is 11.8 Å². The van der Waals surface area contributed by atoms with E-state index in [1.807, 2.05) is 29.2 Å². The highest BCUT2D eigenvalue weighted by Crippen LogP contribution is 2.32. The maximum atomic E-state index is 11.5. The first-order chi connectivity index (χ1) is 17.9. The van der Waals surface area contributed by atoms with Crippen LogP contribution in [0.3, 0.4) is 0 Å². The van der Waals surface area contributed by atoms with E-state index in [0.29, 0.717) is 40.4 Å². The van der Waals surface area contributed by atoms with Crippen molar-refractivity contribution >= 4 is 28.7 Å². The summed E-state index contributed by atoms with van der Waals surface area (Å²) in [6.07, 6.45) is 0.104. The van der Waals surface area contributed by atoms with Crippen LogP contribution in [0.2, 0.25) is 5.02 Å². The molecule has 1 amide bonds. The Morgan fingerprint density at radius 1 is 1.16 bits per heavy atom. The molecule has 6 rings (SSSR count). The first-order valence-electron chi connectivity index (χ1n) is 12.5. The lowest BCUT2D eigenvalue weighted by molar-refractivity contribution is -0.129. The Morgan fingerprint density at radius 2 is 1.92 bits per heavy atom. The number of halogens is 1. The van der Waals surface area contributed by atoms with Crippen molar-refractivity contribution in [3.05, 3.63) is 40.9 Å². The summed E-state index contributed by atoms with van der Waals surface area (Å²) in [5, 5.41) is 10.4. The van der Waals surface area contributed by atoms with E-state index in [1.54, 1.807) is 13.0 Å². The molecule has 9 nitrogen and oxygen atoms in total. The van der Waals surface area contributed by atoms with Crippen LogP contribution >= 0.6 is 11.6 Å². The van der Waals surface area contributed by atoms with Gasteiger partial charge >= 0.3 is 0 Å². The number of aliphatic hydroxyl groups excluding tert-OH is 1. The standard InChI is InChI=1S/C27H27ClN4O5/c1-15(33)32-10-8-17(9-11-32)3-2-16-4-6-18(7-5-16)23-19(28)12-20-26(30-23)31-27(29-20)37-22-14-36-24-21(34)13-35-25(22)24/h4-7,12,17,21-22,24-25,34H,8-11,13-14H2,1H3,(H,29,30,31). The predicted octanol–water partition coefficient (Wildman–Crippen LogP) is 2.79. The number of nitrogens with one attached hydrogen (secondary N) is 1. The third-order valence-corrected chi connectivity index (χ3v) is 7.46. The Labute approximate surface area is 219 Å². The second-order valence-electron chi connectivity index (χ2n) is 9.68. The number of carbonyl (C=O) groups is 1.